The number of rotatable bonds is 5. The lowest BCUT2D eigenvalue weighted by molar-refractivity contribution is -0.115. The van der Waals surface area contributed by atoms with Gasteiger partial charge in [0.1, 0.15) is 5.82 Å². The summed E-state index contributed by atoms with van der Waals surface area (Å²) < 4.78 is 14.7. The van der Waals surface area contributed by atoms with Crippen molar-refractivity contribution in [2.24, 2.45) is 0 Å². The summed E-state index contributed by atoms with van der Waals surface area (Å²) in [7, 11) is 0. The monoisotopic (exact) mass is 337 g/mol. The lowest BCUT2D eigenvalue weighted by atomic mass is 10.1. The van der Waals surface area contributed by atoms with Gasteiger partial charge < -0.3 is 5.32 Å². The number of hydrogen-bond acceptors (Lipinski definition) is 3. The number of nitrogens with one attached hydrogen (secondary N) is 1. The predicted octanol–water partition coefficient (Wildman–Crippen LogP) is 2.61. The Morgan fingerprint density at radius 2 is 1.88 bits per heavy atom. The van der Waals surface area contributed by atoms with Crippen LogP contribution in [-0.2, 0) is 17.8 Å². The zero-order chi connectivity index (χ0) is 17.6. The van der Waals surface area contributed by atoms with Crippen LogP contribution in [0.25, 0.3) is 0 Å². The van der Waals surface area contributed by atoms with Gasteiger partial charge in [0.25, 0.3) is 0 Å². The number of halogens is 1. The molecule has 25 heavy (non-hydrogen) atoms. The number of anilines is 1. The molecule has 1 amide bonds. The molecule has 0 unspecified atom stereocenters. The van der Waals surface area contributed by atoms with Gasteiger partial charge in [0.05, 0.1) is 13.0 Å². The SMILES string of the molecule is O=C(Cc1cccc(F)c1)Nc1cccc(Cn2cccnc2=O)c1. The molecular weight excluding hydrogens is 321 g/mol. The highest BCUT2D eigenvalue weighted by atomic mass is 19.1. The molecule has 0 spiro atoms. The number of aromatic nitrogens is 2. The second-order valence-electron chi connectivity index (χ2n) is 5.59. The molecule has 5 nitrogen and oxygen atoms in total. The minimum absolute atomic E-state index is 0.0874. The maximum Gasteiger partial charge on any atom is 0.347 e. The normalized spacial score (nSPS) is 10.4. The van der Waals surface area contributed by atoms with Crippen molar-refractivity contribution < 1.29 is 9.18 Å². The Labute approximate surface area is 143 Å². The third-order valence-electron chi connectivity index (χ3n) is 3.60. The molecule has 0 bridgehead atoms. The minimum atomic E-state index is -0.366. The van der Waals surface area contributed by atoms with Gasteiger partial charge in [-0.2, -0.15) is 0 Å². The van der Waals surface area contributed by atoms with Crippen LogP contribution in [0.4, 0.5) is 10.1 Å². The van der Waals surface area contributed by atoms with Crippen LogP contribution in [0.5, 0.6) is 0 Å². The fourth-order valence-corrected chi connectivity index (χ4v) is 2.49. The molecule has 0 saturated carbocycles. The molecule has 0 fully saturated rings. The summed E-state index contributed by atoms with van der Waals surface area (Å²) >= 11 is 0. The van der Waals surface area contributed by atoms with E-state index < -0.39 is 0 Å². The van der Waals surface area contributed by atoms with E-state index in [1.165, 1.54) is 22.9 Å². The van der Waals surface area contributed by atoms with E-state index in [1.807, 2.05) is 6.07 Å². The Balaban J connectivity index is 1.68. The average molecular weight is 337 g/mol. The van der Waals surface area contributed by atoms with Crippen molar-refractivity contribution in [2.75, 3.05) is 5.32 Å². The van der Waals surface area contributed by atoms with Gasteiger partial charge in [-0.15, -0.1) is 0 Å². The topological polar surface area (TPSA) is 64.0 Å². The second-order valence-corrected chi connectivity index (χ2v) is 5.59. The fraction of sp³-hybridized carbons (Fsp3) is 0.105. The van der Waals surface area contributed by atoms with Crippen LogP contribution in [0.2, 0.25) is 0 Å². The van der Waals surface area contributed by atoms with Crippen LogP contribution in [-0.4, -0.2) is 15.5 Å². The highest BCUT2D eigenvalue weighted by molar-refractivity contribution is 5.92. The largest absolute Gasteiger partial charge is 0.347 e. The van der Waals surface area contributed by atoms with Crippen LogP contribution in [0.3, 0.4) is 0 Å². The number of amides is 1. The number of carbonyl (C=O) groups is 1. The summed E-state index contributed by atoms with van der Waals surface area (Å²) in [6, 6.07) is 14.9. The first-order valence-electron chi connectivity index (χ1n) is 7.75. The molecular formula is C19H16FN3O2. The first kappa shape index (κ1) is 16.6. The molecule has 0 aliphatic carbocycles. The number of benzene rings is 2. The summed E-state index contributed by atoms with van der Waals surface area (Å²) in [5.41, 5.74) is 1.76. The Hall–Kier alpha value is -3.28. The molecule has 1 aromatic heterocycles. The van der Waals surface area contributed by atoms with E-state index >= 15 is 0 Å². The van der Waals surface area contributed by atoms with Crippen LogP contribution in [0, 0.1) is 5.82 Å². The van der Waals surface area contributed by atoms with E-state index in [-0.39, 0.29) is 23.8 Å². The third-order valence-corrected chi connectivity index (χ3v) is 3.60. The minimum Gasteiger partial charge on any atom is -0.326 e. The summed E-state index contributed by atoms with van der Waals surface area (Å²) in [4.78, 5) is 27.5. The first-order valence-corrected chi connectivity index (χ1v) is 7.75. The molecule has 1 heterocycles. The van der Waals surface area contributed by atoms with Crippen molar-refractivity contribution in [1.82, 2.24) is 9.55 Å². The fourth-order valence-electron chi connectivity index (χ4n) is 2.49. The molecule has 126 valence electrons. The summed E-state index contributed by atoms with van der Waals surface area (Å²) in [6.07, 6.45) is 3.19. The second kappa shape index (κ2) is 7.53. The van der Waals surface area contributed by atoms with Gasteiger partial charge in [-0.05, 0) is 41.5 Å². The molecule has 0 aliphatic rings. The van der Waals surface area contributed by atoms with Gasteiger partial charge in [0.15, 0.2) is 0 Å². The highest BCUT2D eigenvalue weighted by Gasteiger charge is 2.06. The number of carbonyl (C=O) groups excluding carboxylic acids is 1. The van der Waals surface area contributed by atoms with Crippen LogP contribution in [0.15, 0.2) is 71.8 Å². The van der Waals surface area contributed by atoms with Crippen molar-refractivity contribution in [2.45, 2.75) is 13.0 Å². The summed E-state index contributed by atoms with van der Waals surface area (Å²) in [6.45, 7) is 0.361. The third kappa shape index (κ3) is 4.60. The van der Waals surface area contributed by atoms with Gasteiger partial charge in [-0.25, -0.2) is 14.2 Å². The van der Waals surface area contributed by atoms with Crippen LogP contribution >= 0.6 is 0 Å². The van der Waals surface area contributed by atoms with E-state index in [4.69, 9.17) is 0 Å². The Morgan fingerprint density at radius 1 is 1.08 bits per heavy atom. The van der Waals surface area contributed by atoms with Gasteiger partial charge in [-0.3, -0.25) is 9.36 Å². The Morgan fingerprint density at radius 3 is 2.68 bits per heavy atom. The molecule has 0 radical (unpaired) electrons. The van der Waals surface area contributed by atoms with E-state index in [0.29, 0.717) is 17.8 Å². The van der Waals surface area contributed by atoms with E-state index in [0.717, 1.165) is 5.56 Å². The zero-order valence-electron chi connectivity index (χ0n) is 13.4. The molecule has 6 heteroatoms. The van der Waals surface area contributed by atoms with Gasteiger partial charge in [0, 0.05) is 18.1 Å². The molecule has 3 aromatic rings. The van der Waals surface area contributed by atoms with Gasteiger partial charge in [-0.1, -0.05) is 24.3 Å². The first-order chi connectivity index (χ1) is 12.1. The Kier molecular flexibility index (Phi) is 4.99. The smallest absolute Gasteiger partial charge is 0.326 e. The lowest BCUT2D eigenvalue weighted by Crippen LogP contribution is -2.22. The predicted molar refractivity (Wildman–Crippen MR) is 92.8 cm³/mol. The van der Waals surface area contributed by atoms with E-state index in [9.17, 15) is 14.0 Å². The van der Waals surface area contributed by atoms with Crippen LogP contribution < -0.4 is 11.0 Å². The average Bonchev–Trinajstić information content (AvgIpc) is 2.57. The van der Waals surface area contributed by atoms with Gasteiger partial charge >= 0.3 is 5.69 Å². The molecule has 0 aliphatic heterocycles. The van der Waals surface area contributed by atoms with Crippen molar-refractivity contribution in [1.29, 1.82) is 0 Å². The van der Waals surface area contributed by atoms with Crippen molar-refractivity contribution in [3.05, 3.63) is 94.4 Å². The lowest BCUT2D eigenvalue weighted by Gasteiger charge is -2.09. The Bertz CT molecular complexity index is 953. The maximum atomic E-state index is 13.2. The quantitative estimate of drug-likeness (QED) is 0.778. The number of nitrogens with zero attached hydrogens (tertiary/aromatic N) is 2. The standard InChI is InChI=1S/C19H16FN3O2/c20-16-6-1-4-14(10-16)12-18(24)22-17-7-2-5-15(11-17)13-23-9-3-8-21-19(23)25/h1-11H,12-13H2,(H,22,24). The van der Waals surface area contributed by atoms with Crippen molar-refractivity contribution in [3.8, 4) is 0 Å². The maximum absolute atomic E-state index is 13.2. The summed E-state index contributed by atoms with van der Waals surface area (Å²) in [5, 5.41) is 2.79. The van der Waals surface area contributed by atoms with Crippen molar-refractivity contribution >= 4 is 11.6 Å². The highest BCUT2D eigenvalue weighted by Crippen LogP contribution is 2.12. The molecule has 3 rings (SSSR count). The van der Waals surface area contributed by atoms with Crippen molar-refractivity contribution in [3.63, 3.8) is 0 Å². The zero-order valence-corrected chi connectivity index (χ0v) is 13.4. The molecule has 2 aromatic carbocycles. The molecule has 0 saturated heterocycles. The molecule has 0 atom stereocenters. The number of hydrogen-bond donors (Lipinski definition) is 1. The molecule has 1 N–H and O–H groups in total. The van der Waals surface area contributed by atoms with E-state index in [1.54, 1.807) is 42.6 Å². The van der Waals surface area contributed by atoms with E-state index in [2.05, 4.69) is 10.3 Å². The summed E-state index contributed by atoms with van der Waals surface area (Å²) in [5.74, 6) is -0.601. The van der Waals surface area contributed by atoms with Crippen LogP contribution in [0.1, 0.15) is 11.1 Å². The van der Waals surface area contributed by atoms with Gasteiger partial charge in [0.2, 0.25) is 5.91 Å².